The van der Waals surface area contributed by atoms with Crippen LogP contribution in [0.4, 0.5) is 11.5 Å². The molecule has 4 saturated heterocycles. The number of piperazine rings is 1. The summed E-state index contributed by atoms with van der Waals surface area (Å²) in [7, 11) is 0. The number of carbonyl (C=O) groups is 1. The summed E-state index contributed by atoms with van der Waals surface area (Å²) in [6.07, 6.45) is 2.84. The van der Waals surface area contributed by atoms with E-state index in [9.17, 15) is 9.90 Å². The maximum absolute atomic E-state index is 12.9. The van der Waals surface area contributed by atoms with E-state index in [2.05, 4.69) is 40.0 Å². The van der Waals surface area contributed by atoms with Gasteiger partial charge in [0.15, 0.2) is 0 Å². The second-order valence-corrected chi connectivity index (χ2v) is 11.3. The van der Waals surface area contributed by atoms with Crippen LogP contribution in [0.1, 0.15) is 26.7 Å². The molecule has 34 heavy (non-hydrogen) atoms. The molecule has 2 aromatic rings. The lowest BCUT2D eigenvalue weighted by Gasteiger charge is -2.45. The van der Waals surface area contributed by atoms with Crippen LogP contribution < -0.4 is 10.2 Å². The SMILES string of the molecule is CC12CC(C(=O)Nc3cc4cc(N5CCN([C@@]6(C)COC[C@H]6O)CC5)c(Cl)cc4cn3)(CO1)C2. The molecule has 5 fully saturated rings. The number of nitrogens with one attached hydrogen (secondary N) is 1. The molecule has 0 unspecified atom stereocenters. The molecule has 0 spiro atoms. The molecule has 1 aromatic heterocycles. The lowest BCUT2D eigenvalue weighted by Crippen LogP contribution is -2.60. The number of fused-ring (bicyclic) bond motifs is 2. The van der Waals surface area contributed by atoms with Gasteiger partial charge in [0.05, 0.1) is 53.2 Å². The molecular formula is C25H31ClN4O4. The Morgan fingerprint density at radius 2 is 1.91 bits per heavy atom. The zero-order valence-electron chi connectivity index (χ0n) is 19.6. The van der Waals surface area contributed by atoms with Crippen molar-refractivity contribution in [2.75, 3.05) is 56.2 Å². The van der Waals surface area contributed by atoms with Gasteiger partial charge >= 0.3 is 0 Å². The highest BCUT2D eigenvalue weighted by Gasteiger charge is 2.63. The van der Waals surface area contributed by atoms with E-state index in [0.717, 1.165) is 55.5 Å². The third-order valence-electron chi connectivity index (χ3n) is 8.36. The van der Waals surface area contributed by atoms with Gasteiger partial charge in [-0.1, -0.05) is 11.6 Å². The van der Waals surface area contributed by atoms with Crippen molar-refractivity contribution in [3.05, 3.63) is 29.4 Å². The van der Waals surface area contributed by atoms with E-state index in [1.165, 1.54) is 0 Å². The zero-order valence-corrected chi connectivity index (χ0v) is 20.4. The van der Waals surface area contributed by atoms with E-state index in [4.69, 9.17) is 21.1 Å². The first kappa shape index (κ1) is 22.5. The molecule has 8 nitrogen and oxygen atoms in total. The first-order valence-corrected chi connectivity index (χ1v) is 12.4. The standard InChI is InChI=1S/C25H31ClN4O4/c1-23-12-25(13-23,15-34-23)22(32)28-21-9-16-8-19(18(26)7-17(16)10-27-21)29-3-5-30(6-4-29)24(2)14-33-11-20(24)31/h7-10,20,31H,3-6,11-15H2,1-2H3,(H,27,28,32)/t20-,23?,24+,25?/m1/s1. The normalized spacial score (nSPS) is 35.5. The average molecular weight is 487 g/mol. The van der Waals surface area contributed by atoms with Crippen molar-refractivity contribution in [1.82, 2.24) is 9.88 Å². The first-order chi connectivity index (χ1) is 16.2. The Balaban J connectivity index is 1.18. The fourth-order valence-corrected chi connectivity index (χ4v) is 6.54. The Labute approximate surface area is 204 Å². The van der Waals surface area contributed by atoms with E-state index in [0.29, 0.717) is 30.7 Å². The Morgan fingerprint density at radius 1 is 1.15 bits per heavy atom. The van der Waals surface area contributed by atoms with Crippen LogP contribution in [0, 0.1) is 5.41 Å². The lowest BCUT2D eigenvalue weighted by atomic mass is 9.63. The average Bonchev–Trinajstić information content (AvgIpc) is 3.45. The van der Waals surface area contributed by atoms with Crippen LogP contribution in [-0.2, 0) is 14.3 Å². The highest BCUT2D eigenvalue weighted by atomic mass is 35.5. The monoisotopic (exact) mass is 486 g/mol. The van der Waals surface area contributed by atoms with Gasteiger partial charge < -0.3 is 24.8 Å². The number of nitrogens with zero attached hydrogens (tertiary/aromatic N) is 3. The summed E-state index contributed by atoms with van der Waals surface area (Å²) in [6, 6.07) is 5.94. The molecule has 4 aliphatic heterocycles. The quantitative estimate of drug-likeness (QED) is 0.687. The van der Waals surface area contributed by atoms with Crippen LogP contribution in [0.2, 0.25) is 5.02 Å². The minimum Gasteiger partial charge on any atom is -0.389 e. The Hall–Kier alpha value is -1.97. The summed E-state index contributed by atoms with van der Waals surface area (Å²) in [5.41, 5.74) is 0.0949. The van der Waals surface area contributed by atoms with Gasteiger partial charge in [0.1, 0.15) is 5.82 Å². The predicted octanol–water partition coefficient (Wildman–Crippen LogP) is 2.67. The molecule has 182 valence electrons. The number of amides is 1. The zero-order chi connectivity index (χ0) is 23.7. The van der Waals surface area contributed by atoms with E-state index >= 15 is 0 Å². The van der Waals surface area contributed by atoms with Crippen LogP contribution in [0.3, 0.4) is 0 Å². The molecule has 9 heteroatoms. The van der Waals surface area contributed by atoms with E-state index < -0.39 is 11.5 Å². The highest BCUT2D eigenvalue weighted by molar-refractivity contribution is 6.34. The Bertz CT molecular complexity index is 1150. The number of carbonyl (C=O) groups excluding carboxylic acids is 1. The van der Waals surface area contributed by atoms with E-state index in [1.54, 1.807) is 6.20 Å². The maximum atomic E-state index is 12.9. The summed E-state index contributed by atoms with van der Waals surface area (Å²) < 4.78 is 11.3. The third kappa shape index (κ3) is 3.50. The van der Waals surface area contributed by atoms with Crippen molar-refractivity contribution in [3.63, 3.8) is 0 Å². The summed E-state index contributed by atoms with van der Waals surface area (Å²) >= 11 is 6.67. The number of ether oxygens (including phenoxy) is 2. The third-order valence-corrected chi connectivity index (χ3v) is 8.67. The molecule has 7 rings (SSSR count). The van der Waals surface area contributed by atoms with Crippen molar-refractivity contribution in [2.45, 2.75) is 43.9 Å². The number of benzene rings is 1. The highest BCUT2D eigenvalue weighted by Crippen LogP contribution is 2.58. The molecule has 2 atom stereocenters. The van der Waals surface area contributed by atoms with Crippen molar-refractivity contribution in [3.8, 4) is 0 Å². The number of rotatable bonds is 4. The smallest absolute Gasteiger partial charge is 0.234 e. The fraction of sp³-hybridized carbons (Fsp3) is 0.600. The molecule has 1 aliphatic carbocycles. The molecule has 1 amide bonds. The lowest BCUT2D eigenvalue weighted by molar-refractivity contribution is -0.129. The number of aliphatic hydroxyl groups is 1. The van der Waals surface area contributed by atoms with Crippen LogP contribution >= 0.6 is 11.6 Å². The van der Waals surface area contributed by atoms with Crippen molar-refractivity contribution < 1.29 is 19.4 Å². The molecule has 2 bridgehead atoms. The summed E-state index contributed by atoms with van der Waals surface area (Å²) in [5, 5.41) is 16.0. The topological polar surface area (TPSA) is 87.2 Å². The van der Waals surface area contributed by atoms with Gasteiger partial charge in [-0.3, -0.25) is 9.69 Å². The van der Waals surface area contributed by atoms with Crippen molar-refractivity contribution in [1.29, 1.82) is 0 Å². The van der Waals surface area contributed by atoms with Gasteiger partial charge in [0.2, 0.25) is 5.91 Å². The largest absolute Gasteiger partial charge is 0.389 e. The Kier molecular flexibility index (Phi) is 5.14. The second kappa shape index (κ2) is 7.77. The van der Waals surface area contributed by atoms with Crippen LogP contribution in [0.25, 0.3) is 10.8 Å². The first-order valence-electron chi connectivity index (χ1n) is 12.0. The molecular weight excluding hydrogens is 456 g/mol. The number of halogens is 1. The molecule has 0 radical (unpaired) electrons. The molecule has 5 aliphatic rings. The van der Waals surface area contributed by atoms with Crippen LogP contribution in [-0.4, -0.2) is 84.1 Å². The fourth-order valence-electron chi connectivity index (χ4n) is 6.25. The van der Waals surface area contributed by atoms with E-state index in [1.807, 2.05) is 12.1 Å². The summed E-state index contributed by atoms with van der Waals surface area (Å²) in [4.78, 5) is 22.0. The van der Waals surface area contributed by atoms with Gasteiger partial charge in [-0.2, -0.15) is 0 Å². The van der Waals surface area contributed by atoms with Gasteiger partial charge in [0.25, 0.3) is 0 Å². The maximum Gasteiger partial charge on any atom is 0.234 e. The molecule has 5 heterocycles. The number of hydrogen-bond acceptors (Lipinski definition) is 7. The van der Waals surface area contributed by atoms with Crippen molar-refractivity contribution >= 4 is 39.8 Å². The van der Waals surface area contributed by atoms with Crippen LogP contribution in [0.5, 0.6) is 0 Å². The summed E-state index contributed by atoms with van der Waals surface area (Å²) in [6.45, 7) is 8.84. The minimum absolute atomic E-state index is 0.00814. The van der Waals surface area contributed by atoms with Crippen LogP contribution in [0.15, 0.2) is 24.4 Å². The van der Waals surface area contributed by atoms with Gasteiger partial charge in [-0.05, 0) is 50.3 Å². The summed E-state index contributed by atoms with van der Waals surface area (Å²) in [5.74, 6) is 0.542. The number of aliphatic hydroxyl groups excluding tert-OH is 1. The number of pyridine rings is 1. The van der Waals surface area contributed by atoms with Crippen molar-refractivity contribution in [2.24, 2.45) is 5.41 Å². The number of anilines is 2. The van der Waals surface area contributed by atoms with Gasteiger partial charge in [0, 0.05) is 37.8 Å². The van der Waals surface area contributed by atoms with Gasteiger partial charge in [-0.15, -0.1) is 0 Å². The van der Waals surface area contributed by atoms with E-state index in [-0.39, 0.29) is 17.0 Å². The molecule has 1 saturated carbocycles. The molecule has 2 N–H and O–H groups in total. The number of aromatic nitrogens is 1. The van der Waals surface area contributed by atoms with Gasteiger partial charge in [-0.25, -0.2) is 4.98 Å². The number of hydrogen-bond donors (Lipinski definition) is 2. The predicted molar refractivity (Wildman–Crippen MR) is 130 cm³/mol. The minimum atomic E-state index is -0.464. The second-order valence-electron chi connectivity index (χ2n) is 10.9. The Morgan fingerprint density at radius 3 is 2.56 bits per heavy atom. The molecule has 1 aromatic carbocycles.